The van der Waals surface area contributed by atoms with E-state index in [2.05, 4.69) is 48.9 Å². The number of hydrogen-bond donors (Lipinski definition) is 1. The van der Waals surface area contributed by atoms with Crippen LogP contribution in [0.15, 0.2) is 11.6 Å². The zero-order valence-electron chi connectivity index (χ0n) is 10.4. The van der Waals surface area contributed by atoms with Crippen LogP contribution >= 0.6 is 23.5 Å². The maximum Gasteiger partial charge on any atom is 0.0407 e. The lowest BCUT2D eigenvalue weighted by atomic mass is 9.91. The molecule has 0 aromatic carbocycles. The largest absolute Gasteiger partial charge is 0.312 e. The molecule has 2 aliphatic rings. The van der Waals surface area contributed by atoms with Gasteiger partial charge in [-0.05, 0) is 32.7 Å². The minimum atomic E-state index is 0.619. The lowest BCUT2D eigenvalue weighted by Crippen LogP contribution is -2.44. The van der Waals surface area contributed by atoms with Crippen LogP contribution in [0.5, 0.6) is 0 Å². The van der Waals surface area contributed by atoms with Gasteiger partial charge in [-0.15, -0.1) is 0 Å². The Hall–Kier alpha value is 0.400. The summed E-state index contributed by atoms with van der Waals surface area (Å²) in [6, 6.07) is 0.619. The summed E-state index contributed by atoms with van der Waals surface area (Å²) in [6.07, 6.45) is 7.90. The highest BCUT2D eigenvalue weighted by molar-refractivity contribution is 8.07. The molecule has 0 aromatic rings. The Labute approximate surface area is 108 Å². The number of rotatable bonds is 3. The molecule has 1 aliphatic heterocycles. The average molecular weight is 257 g/mol. The molecule has 1 nitrogen and oxygen atoms in total. The van der Waals surface area contributed by atoms with Crippen LogP contribution in [0.2, 0.25) is 0 Å². The van der Waals surface area contributed by atoms with E-state index in [-0.39, 0.29) is 0 Å². The summed E-state index contributed by atoms with van der Waals surface area (Å²) in [5.74, 6) is 2.66. The molecule has 0 aromatic heterocycles. The van der Waals surface area contributed by atoms with Gasteiger partial charge in [-0.1, -0.05) is 18.6 Å². The van der Waals surface area contributed by atoms with Gasteiger partial charge in [0.05, 0.1) is 0 Å². The number of hydrogen-bond acceptors (Lipinski definition) is 3. The zero-order valence-corrected chi connectivity index (χ0v) is 12.0. The molecule has 0 spiro atoms. The maximum atomic E-state index is 3.57. The van der Waals surface area contributed by atoms with Crippen LogP contribution in [0.4, 0.5) is 0 Å². The fraction of sp³-hybridized carbons (Fsp3) is 0.846. The summed E-state index contributed by atoms with van der Waals surface area (Å²) in [5, 5.41) is 5.13. The molecule has 1 N–H and O–H groups in total. The van der Waals surface area contributed by atoms with Crippen molar-refractivity contribution in [2.75, 3.05) is 18.6 Å². The number of likely N-dealkylation sites (N-methyl/N-ethyl adjacent to an activating group) is 1. The molecule has 1 aliphatic carbocycles. The van der Waals surface area contributed by atoms with Gasteiger partial charge in [-0.25, -0.2) is 0 Å². The van der Waals surface area contributed by atoms with E-state index < -0.39 is 0 Å². The first-order valence-electron chi connectivity index (χ1n) is 6.42. The molecule has 0 radical (unpaired) electrons. The highest BCUT2D eigenvalue weighted by Crippen LogP contribution is 2.36. The molecule has 92 valence electrons. The van der Waals surface area contributed by atoms with Crippen molar-refractivity contribution >= 4 is 23.5 Å². The molecule has 16 heavy (non-hydrogen) atoms. The van der Waals surface area contributed by atoms with E-state index >= 15 is 0 Å². The molecule has 0 amide bonds. The van der Waals surface area contributed by atoms with E-state index in [1.807, 2.05) is 0 Å². The summed E-state index contributed by atoms with van der Waals surface area (Å²) in [6.45, 7) is 2.40. The van der Waals surface area contributed by atoms with Gasteiger partial charge in [0, 0.05) is 28.0 Å². The molecule has 3 atom stereocenters. The third kappa shape index (κ3) is 2.99. The zero-order chi connectivity index (χ0) is 11.4. The second-order valence-electron chi connectivity index (χ2n) is 4.70. The molecule has 1 fully saturated rings. The Morgan fingerprint density at radius 2 is 2.12 bits per heavy atom. The maximum absolute atomic E-state index is 3.57. The molecular weight excluding hydrogens is 234 g/mol. The smallest absolute Gasteiger partial charge is 0.0407 e. The van der Waals surface area contributed by atoms with Gasteiger partial charge >= 0.3 is 0 Å². The quantitative estimate of drug-likeness (QED) is 0.779. The van der Waals surface area contributed by atoms with Crippen molar-refractivity contribution in [3.8, 4) is 0 Å². The van der Waals surface area contributed by atoms with Crippen molar-refractivity contribution in [1.82, 2.24) is 5.32 Å². The first-order chi connectivity index (χ1) is 7.83. The van der Waals surface area contributed by atoms with E-state index in [0.717, 1.165) is 10.5 Å². The highest BCUT2D eigenvalue weighted by atomic mass is 32.2. The predicted molar refractivity (Wildman–Crippen MR) is 77.6 cm³/mol. The van der Waals surface area contributed by atoms with E-state index in [1.165, 1.54) is 37.2 Å². The van der Waals surface area contributed by atoms with Gasteiger partial charge in [0.25, 0.3) is 0 Å². The Morgan fingerprint density at radius 1 is 1.31 bits per heavy atom. The molecule has 1 heterocycles. The first kappa shape index (κ1) is 12.8. The third-order valence-corrected chi connectivity index (χ3v) is 6.80. The van der Waals surface area contributed by atoms with Gasteiger partial charge in [-0.3, -0.25) is 0 Å². The van der Waals surface area contributed by atoms with Crippen LogP contribution in [-0.4, -0.2) is 35.1 Å². The molecule has 1 saturated heterocycles. The lowest BCUT2D eigenvalue weighted by Gasteiger charge is -2.36. The number of thioether (sulfide) groups is 2. The van der Waals surface area contributed by atoms with Crippen molar-refractivity contribution in [2.24, 2.45) is 0 Å². The van der Waals surface area contributed by atoms with Crippen LogP contribution in [0.25, 0.3) is 0 Å². The van der Waals surface area contributed by atoms with Crippen LogP contribution in [0.3, 0.4) is 0 Å². The Bertz CT molecular complexity index is 252. The van der Waals surface area contributed by atoms with Crippen molar-refractivity contribution in [3.05, 3.63) is 11.6 Å². The summed E-state index contributed by atoms with van der Waals surface area (Å²) in [7, 11) is 2.13. The van der Waals surface area contributed by atoms with Crippen molar-refractivity contribution in [2.45, 2.75) is 49.1 Å². The van der Waals surface area contributed by atoms with Crippen molar-refractivity contribution < 1.29 is 0 Å². The SMILES string of the molecule is CNC(C1=CCCCC1)C1SCCSC1C. The molecule has 3 heteroatoms. The number of allylic oxidation sites excluding steroid dienone is 1. The van der Waals surface area contributed by atoms with Gasteiger partial charge in [-0.2, -0.15) is 23.5 Å². The minimum Gasteiger partial charge on any atom is -0.312 e. The van der Waals surface area contributed by atoms with Crippen LogP contribution in [0.1, 0.15) is 32.6 Å². The molecule has 3 unspecified atom stereocenters. The second kappa shape index (κ2) is 6.36. The average Bonchev–Trinajstić information content (AvgIpc) is 2.34. The van der Waals surface area contributed by atoms with E-state index in [4.69, 9.17) is 0 Å². The summed E-state index contributed by atoms with van der Waals surface area (Å²) in [4.78, 5) is 0. The standard InChI is InChI=1S/C13H23NS2/c1-10-13(16-9-8-15-10)12(14-2)11-6-4-3-5-7-11/h6,10,12-14H,3-5,7-9H2,1-2H3. The fourth-order valence-corrected chi connectivity index (χ4v) is 5.73. The molecule has 2 rings (SSSR count). The van der Waals surface area contributed by atoms with Crippen LogP contribution < -0.4 is 5.32 Å². The van der Waals surface area contributed by atoms with Gasteiger partial charge in [0.15, 0.2) is 0 Å². The van der Waals surface area contributed by atoms with Gasteiger partial charge < -0.3 is 5.32 Å². The molecule has 0 saturated carbocycles. The summed E-state index contributed by atoms with van der Waals surface area (Å²) in [5.41, 5.74) is 1.68. The Kier molecular flexibility index (Phi) is 5.11. The lowest BCUT2D eigenvalue weighted by molar-refractivity contribution is 0.549. The Balaban J connectivity index is 2.05. The van der Waals surface area contributed by atoms with Crippen LogP contribution in [-0.2, 0) is 0 Å². The summed E-state index contributed by atoms with van der Waals surface area (Å²) >= 11 is 4.32. The fourth-order valence-electron chi connectivity index (χ4n) is 2.72. The third-order valence-electron chi connectivity index (χ3n) is 3.60. The predicted octanol–water partition coefficient (Wildman–Crippen LogP) is 3.31. The Morgan fingerprint density at radius 3 is 2.75 bits per heavy atom. The van der Waals surface area contributed by atoms with E-state index in [9.17, 15) is 0 Å². The molecule has 0 bridgehead atoms. The number of nitrogens with one attached hydrogen (secondary N) is 1. The minimum absolute atomic E-state index is 0.619. The van der Waals surface area contributed by atoms with E-state index in [1.54, 1.807) is 5.57 Å². The second-order valence-corrected chi connectivity index (χ2v) is 7.47. The molecular formula is C13H23NS2. The van der Waals surface area contributed by atoms with Crippen molar-refractivity contribution in [1.29, 1.82) is 0 Å². The monoisotopic (exact) mass is 257 g/mol. The summed E-state index contributed by atoms with van der Waals surface area (Å²) < 4.78 is 0. The van der Waals surface area contributed by atoms with Crippen molar-refractivity contribution in [3.63, 3.8) is 0 Å². The first-order valence-corrected chi connectivity index (χ1v) is 8.52. The van der Waals surface area contributed by atoms with Crippen LogP contribution in [0, 0.1) is 0 Å². The van der Waals surface area contributed by atoms with Gasteiger partial charge in [0.1, 0.15) is 0 Å². The van der Waals surface area contributed by atoms with Gasteiger partial charge in [0.2, 0.25) is 0 Å². The van der Waals surface area contributed by atoms with E-state index in [0.29, 0.717) is 6.04 Å². The normalized spacial score (nSPS) is 33.2. The topological polar surface area (TPSA) is 12.0 Å². The highest BCUT2D eigenvalue weighted by Gasteiger charge is 2.31.